The molecule has 6 nitrogen and oxygen atoms in total. The van der Waals surface area contributed by atoms with E-state index < -0.39 is 11.8 Å². The van der Waals surface area contributed by atoms with Gasteiger partial charge in [-0.3, -0.25) is 20.4 Å². The van der Waals surface area contributed by atoms with Gasteiger partial charge in [0.2, 0.25) is 0 Å². The molecule has 3 aromatic rings. The van der Waals surface area contributed by atoms with E-state index in [9.17, 15) is 9.59 Å². The van der Waals surface area contributed by atoms with Crippen LogP contribution in [0.3, 0.4) is 0 Å². The summed E-state index contributed by atoms with van der Waals surface area (Å²) >= 11 is 12.5. The largest absolute Gasteiger partial charge is 0.360 e. The van der Waals surface area contributed by atoms with E-state index in [0.717, 1.165) is 12.8 Å². The molecule has 0 radical (unpaired) electrons. The zero-order valence-electron chi connectivity index (χ0n) is 18.0. The number of hydrogen-bond acceptors (Lipinski definition) is 4. The van der Waals surface area contributed by atoms with Gasteiger partial charge in [0.15, 0.2) is 0 Å². The number of carbonyl (C=O) groups excluding carboxylic acids is 2. The van der Waals surface area contributed by atoms with Crippen molar-refractivity contribution in [3.63, 3.8) is 0 Å². The second-order valence-corrected chi connectivity index (χ2v) is 8.29. The molecular formula is C24H25Cl2N3O3. The first-order chi connectivity index (χ1) is 15.4. The van der Waals surface area contributed by atoms with Crippen molar-refractivity contribution < 1.29 is 14.1 Å². The number of benzene rings is 2. The maximum atomic E-state index is 12.8. The molecule has 1 heterocycles. The lowest BCUT2D eigenvalue weighted by Crippen LogP contribution is -2.41. The van der Waals surface area contributed by atoms with Crippen LogP contribution in [0.2, 0.25) is 10.0 Å². The predicted octanol–water partition coefficient (Wildman–Crippen LogP) is 6.15. The van der Waals surface area contributed by atoms with E-state index in [-0.39, 0.29) is 17.0 Å². The molecule has 0 unspecified atom stereocenters. The van der Waals surface area contributed by atoms with Gasteiger partial charge in [0, 0.05) is 11.1 Å². The van der Waals surface area contributed by atoms with E-state index in [2.05, 4.69) is 22.9 Å². The van der Waals surface area contributed by atoms with Crippen LogP contribution in [-0.4, -0.2) is 17.0 Å². The Morgan fingerprint density at radius 3 is 2.25 bits per heavy atom. The van der Waals surface area contributed by atoms with Gasteiger partial charge in [0.1, 0.15) is 17.0 Å². The number of rotatable bonds is 8. The summed E-state index contributed by atoms with van der Waals surface area (Å²) in [5, 5.41) is 4.61. The van der Waals surface area contributed by atoms with Crippen molar-refractivity contribution in [3.05, 3.63) is 75.0 Å². The summed E-state index contributed by atoms with van der Waals surface area (Å²) in [6.45, 7) is 3.78. The number of hydrogen-bond donors (Lipinski definition) is 2. The highest BCUT2D eigenvalue weighted by molar-refractivity contribution is 6.39. The number of aryl methyl sites for hydroxylation is 2. The van der Waals surface area contributed by atoms with E-state index in [1.807, 2.05) is 12.1 Å². The Hall–Kier alpha value is -2.83. The lowest BCUT2D eigenvalue weighted by Gasteiger charge is -2.09. The van der Waals surface area contributed by atoms with Crippen LogP contribution in [0.15, 0.2) is 47.0 Å². The molecule has 0 aliphatic carbocycles. The first-order valence-electron chi connectivity index (χ1n) is 10.5. The van der Waals surface area contributed by atoms with Gasteiger partial charge < -0.3 is 4.52 Å². The highest BCUT2D eigenvalue weighted by Gasteiger charge is 2.25. The zero-order chi connectivity index (χ0) is 23.1. The third kappa shape index (κ3) is 5.69. The van der Waals surface area contributed by atoms with Crippen LogP contribution < -0.4 is 10.9 Å². The fraction of sp³-hybridized carbons (Fsp3) is 0.292. The Kier molecular flexibility index (Phi) is 8.31. The van der Waals surface area contributed by atoms with Gasteiger partial charge in [-0.05, 0) is 49.6 Å². The van der Waals surface area contributed by atoms with Crippen LogP contribution in [0.5, 0.6) is 0 Å². The van der Waals surface area contributed by atoms with Gasteiger partial charge in [0.25, 0.3) is 11.8 Å². The van der Waals surface area contributed by atoms with Crippen LogP contribution in [-0.2, 0) is 6.42 Å². The first kappa shape index (κ1) is 23.8. The molecule has 8 heteroatoms. The number of amides is 2. The molecular weight excluding hydrogens is 449 g/mol. The van der Waals surface area contributed by atoms with E-state index in [1.165, 1.54) is 24.8 Å². The summed E-state index contributed by atoms with van der Waals surface area (Å²) in [5.41, 5.74) is 7.20. The average molecular weight is 474 g/mol. The maximum Gasteiger partial charge on any atom is 0.275 e. The van der Waals surface area contributed by atoms with Crippen molar-refractivity contribution in [2.75, 3.05) is 0 Å². The third-order valence-electron chi connectivity index (χ3n) is 5.11. The number of aromatic nitrogens is 1. The topological polar surface area (TPSA) is 84.2 Å². The van der Waals surface area contributed by atoms with Crippen LogP contribution in [0.25, 0.3) is 11.3 Å². The Balaban J connectivity index is 1.65. The first-order valence-corrected chi connectivity index (χ1v) is 11.3. The summed E-state index contributed by atoms with van der Waals surface area (Å²) in [6, 6.07) is 12.3. The molecule has 0 spiro atoms. The van der Waals surface area contributed by atoms with Gasteiger partial charge in [-0.25, -0.2) is 0 Å². The van der Waals surface area contributed by atoms with Crippen LogP contribution in [0.1, 0.15) is 64.6 Å². The Labute approximate surface area is 197 Å². The Morgan fingerprint density at radius 1 is 0.938 bits per heavy atom. The van der Waals surface area contributed by atoms with Gasteiger partial charge >= 0.3 is 0 Å². The van der Waals surface area contributed by atoms with E-state index in [1.54, 1.807) is 37.3 Å². The van der Waals surface area contributed by atoms with E-state index in [4.69, 9.17) is 27.7 Å². The number of halogens is 2. The number of unbranched alkanes of at least 4 members (excludes halogenated alkanes) is 3. The molecule has 2 amide bonds. The number of nitrogens with zero attached hydrogens (tertiary/aromatic N) is 1. The lowest BCUT2D eigenvalue weighted by atomic mass is 10.0. The van der Waals surface area contributed by atoms with Gasteiger partial charge in [0.05, 0.1) is 10.0 Å². The van der Waals surface area contributed by atoms with Crippen LogP contribution in [0, 0.1) is 6.92 Å². The molecule has 3 rings (SSSR count). The lowest BCUT2D eigenvalue weighted by molar-refractivity contribution is 0.0846. The normalized spacial score (nSPS) is 10.8. The van der Waals surface area contributed by atoms with Crippen molar-refractivity contribution in [1.82, 2.24) is 16.0 Å². The molecule has 1 aromatic heterocycles. The molecule has 0 saturated carbocycles. The summed E-state index contributed by atoms with van der Waals surface area (Å²) in [7, 11) is 0. The van der Waals surface area contributed by atoms with Gasteiger partial charge in [-0.1, -0.05) is 72.7 Å². The monoisotopic (exact) mass is 473 g/mol. The van der Waals surface area contributed by atoms with Gasteiger partial charge in [-0.15, -0.1) is 0 Å². The number of carbonyl (C=O) groups is 2. The maximum absolute atomic E-state index is 12.8. The molecule has 0 fully saturated rings. The van der Waals surface area contributed by atoms with Crippen LogP contribution >= 0.6 is 23.2 Å². The van der Waals surface area contributed by atoms with E-state index in [0.29, 0.717) is 21.2 Å². The minimum absolute atomic E-state index is 0.141. The second-order valence-electron chi connectivity index (χ2n) is 7.47. The number of hydrazine groups is 1. The summed E-state index contributed by atoms with van der Waals surface area (Å²) in [4.78, 5) is 25.3. The molecule has 2 N–H and O–H groups in total. The fourth-order valence-corrected chi connectivity index (χ4v) is 3.94. The molecule has 0 aliphatic heterocycles. The standard InChI is InChI=1S/C24H25Cl2N3O3/c1-3-4-5-6-8-16-11-13-17(14-12-16)23(30)27-28-24(31)20-15(2)32-29-22(20)21-18(25)9-7-10-19(21)26/h7,9-14H,3-6,8H2,1-2H3,(H,27,30)(H,28,31). The minimum Gasteiger partial charge on any atom is -0.360 e. The smallest absolute Gasteiger partial charge is 0.275 e. The van der Waals surface area contributed by atoms with Crippen LogP contribution in [0.4, 0.5) is 0 Å². The number of nitrogens with one attached hydrogen (secondary N) is 2. The highest BCUT2D eigenvalue weighted by Crippen LogP contribution is 2.36. The molecule has 168 valence electrons. The van der Waals surface area contributed by atoms with Crippen molar-refractivity contribution >= 4 is 35.0 Å². The summed E-state index contributed by atoms with van der Waals surface area (Å²) < 4.78 is 5.19. The second kappa shape index (κ2) is 11.2. The van der Waals surface area contributed by atoms with Crippen molar-refractivity contribution in [3.8, 4) is 11.3 Å². The zero-order valence-corrected chi connectivity index (χ0v) is 19.5. The molecule has 0 saturated heterocycles. The Bertz CT molecular complexity index is 1070. The van der Waals surface area contributed by atoms with Crippen molar-refractivity contribution in [2.45, 2.75) is 46.0 Å². The molecule has 0 atom stereocenters. The van der Waals surface area contributed by atoms with E-state index >= 15 is 0 Å². The highest BCUT2D eigenvalue weighted by atomic mass is 35.5. The Morgan fingerprint density at radius 2 is 1.59 bits per heavy atom. The van der Waals surface area contributed by atoms with Crippen molar-refractivity contribution in [2.24, 2.45) is 0 Å². The summed E-state index contributed by atoms with van der Waals surface area (Å²) in [6.07, 6.45) is 5.75. The molecule has 2 aromatic carbocycles. The SMILES string of the molecule is CCCCCCc1ccc(C(=O)NNC(=O)c2c(-c3c(Cl)cccc3Cl)noc2C)cc1. The molecule has 32 heavy (non-hydrogen) atoms. The third-order valence-corrected chi connectivity index (χ3v) is 5.74. The molecule has 0 aliphatic rings. The predicted molar refractivity (Wildman–Crippen MR) is 126 cm³/mol. The molecule has 0 bridgehead atoms. The quantitative estimate of drug-likeness (QED) is 0.303. The fourth-order valence-electron chi connectivity index (χ4n) is 3.36. The summed E-state index contributed by atoms with van der Waals surface area (Å²) in [5.74, 6) is -0.742. The van der Waals surface area contributed by atoms with Gasteiger partial charge in [-0.2, -0.15) is 0 Å². The minimum atomic E-state index is -0.587. The average Bonchev–Trinajstić information content (AvgIpc) is 3.16. The van der Waals surface area contributed by atoms with Crippen molar-refractivity contribution in [1.29, 1.82) is 0 Å².